The second-order valence-corrected chi connectivity index (χ2v) is 7.29. The molecule has 2 aromatic heterocycles. The number of hydrogen-bond acceptors (Lipinski definition) is 8. The fourth-order valence-electron chi connectivity index (χ4n) is 3.69. The molecule has 2 bridgehead atoms. The summed E-state index contributed by atoms with van der Waals surface area (Å²) in [5, 5.41) is 16.0. The SMILES string of the molecule is CON1Cc2ccc(C)cc2[C@@H](C)Oc2nc(cnc2N)-c2c(nn(C)c2C#N)C1. The minimum absolute atomic E-state index is 0.194. The number of hydrogen-bond donors (Lipinski definition) is 1. The molecule has 9 nitrogen and oxygen atoms in total. The zero-order chi connectivity index (χ0) is 21.4. The van der Waals surface area contributed by atoms with Gasteiger partial charge < -0.3 is 15.3 Å². The smallest absolute Gasteiger partial charge is 0.258 e. The van der Waals surface area contributed by atoms with Crippen molar-refractivity contribution in [2.24, 2.45) is 7.05 Å². The molecule has 0 saturated heterocycles. The monoisotopic (exact) mass is 405 g/mol. The summed E-state index contributed by atoms with van der Waals surface area (Å²) in [5.74, 6) is 0.426. The van der Waals surface area contributed by atoms with Crippen LogP contribution in [0.4, 0.5) is 5.82 Å². The van der Waals surface area contributed by atoms with E-state index in [2.05, 4.69) is 39.3 Å². The topological polar surface area (TPSA) is 115 Å². The number of rotatable bonds is 1. The van der Waals surface area contributed by atoms with Gasteiger partial charge in [-0.2, -0.15) is 15.4 Å². The van der Waals surface area contributed by atoms with Gasteiger partial charge >= 0.3 is 0 Å². The third-order valence-electron chi connectivity index (χ3n) is 5.21. The van der Waals surface area contributed by atoms with Crippen LogP contribution in [0.1, 0.15) is 41.1 Å². The molecule has 4 rings (SSSR count). The van der Waals surface area contributed by atoms with E-state index in [1.807, 2.05) is 13.8 Å². The minimum Gasteiger partial charge on any atom is -0.467 e. The maximum Gasteiger partial charge on any atom is 0.258 e. The number of nitriles is 1. The maximum absolute atomic E-state index is 9.70. The molecule has 0 unspecified atom stereocenters. The fraction of sp³-hybridized carbons (Fsp3) is 0.333. The first-order chi connectivity index (χ1) is 14.4. The normalized spacial score (nSPS) is 16.4. The number of nitrogens with zero attached hydrogens (tertiary/aromatic N) is 6. The average Bonchev–Trinajstić information content (AvgIpc) is 3.04. The Morgan fingerprint density at radius 3 is 2.87 bits per heavy atom. The van der Waals surface area contributed by atoms with E-state index in [0.29, 0.717) is 35.7 Å². The van der Waals surface area contributed by atoms with Gasteiger partial charge in [0.05, 0.1) is 36.8 Å². The van der Waals surface area contributed by atoms with Crippen molar-refractivity contribution >= 4 is 5.82 Å². The van der Waals surface area contributed by atoms with Crippen LogP contribution >= 0.6 is 0 Å². The molecule has 1 aliphatic heterocycles. The van der Waals surface area contributed by atoms with E-state index >= 15 is 0 Å². The number of nitrogen functional groups attached to an aromatic ring is 1. The zero-order valence-corrected chi connectivity index (χ0v) is 17.4. The van der Waals surface area contributed by atoms with Gasteiger partial charge in [0.25, 0.3) is 5.88 Å². The van der Waals surface area contributed by atoms with Crippen LogP contribution in [0.5, 0.6) is 5.88 Å². The molecule has 0 spiro atoms. The van der Waals surface area contributed by atoms with Crippen LogP contribution in [-0.2, 0) is 25.0 Å². The number of ether oxygens (including phenoxy) is 1. The van der Waals surface area contributed by atoms with Gasteiger partial charge in [-0.1, -0.05) is 23.8 Å². The molecule has 0 radical (unpaired) electrons. The van der Waals surface area contributed by atoms with Gasteiger partial charge in [0.2, 0.25) is 0 Å². The minimum atomic E-state index is -0.311. The Balaban J connectivity index is 1.94. The average molecular weight is 405 g/mol. The van der Waals surface area contributed by atoms with Gasteiger partial charge in [0.15, 0.2) is 5.82 Å². The lowest BCUT2D eigenvalue weighted by molar-refractivity contribution is -0.147. The van der Waals surface area contributed by atoms with Gasteiger partial charge in [-0.3, -0.25) is 4.68 Å². The molecule has 3 aromatic rings. The molecule has 154 valence electrons. The van der Waals surface area contributed by atoms with E-state index in [9.17, 15) is 5.26 Å². The molecule has 0 aliphatic carbocycles. The highest BCUT2D eigenvalue weighted by atomic mass is 16.7. The Morgan fingerprint density at radius 2 is 2.13 bits per heavy atom. The maximum atomic E-state index is 9.70. The highest BCUT2D eigenvalue weighted by molar-refractivity contribution is 5.69. The lowest BCUT2D eigenvalue weighted by Crippen LogP contribution is -2.24. The second-order valence-electron chi connectivity index (χ2n) is 7.29. The van der Waals surface area contributed by atoms with Crippen LogP contribution in [0.2, 0.25) is 0 Å². The molecular weight excluding hydrogens is 382 g/mol. The fourth-order valence-corrected chi connectivity index (χ4v) is 3.69. The largest absolute Gasteiger partial charge is 0.467 e. The van der Waals surface area contributed by atoms with E-state index in [-0.39, 0.29) is 17.8 Å². The van der Waals surface area contributed by atoms with Crippen molar-refractivity contribution in [3.05, 3.63) is 52.5 Å². The quantitative estimate of drug-likeness (QED) is 0.657. The Bertz CT molecular complexity index is 1150. The summed E-state index contributed by atoms with van der Waals surface area (Å²) >= 11 is 0. The second kappa shape index (κ2) is 7.74. The predicted molar refractivity (Wildman–Crippen MR) is 110 cm³/mol. The molecule has 0 fully saturated rings. The van der Waals surface area contributed by atoms with E-state index < -0.39 is 0 Å². The highest BCUT2D eigenvalue weighted by Gasteiger charge is 2.25. The van der Waals surface area contributed by atoms with Crippen LogP contribution in [0.15, 0.2) is 24.4 Å². The summed E-state index contributed by atoms with van der Waals surface area (Å²) in [7, 11) is 3.34. The standard InChI is InChI=1S/C21H23N7O2/c1-12-5-6-14-10-28(29-4)11-17-19(18(8-22)27(3)26-17)16-9-24-20(23)21(25-16)30-13(2)15(14)7-12/h5-7,9,13H,10-11H2,1-4H3,(H2,23,24)/t13-/m1/s1. The van der Waals surface area contributed by atoms with Crippen LogP contribution < -0.4 is 10.5 Å². The van der Waals surface area contributed by atoms with Crippen molar-refractivity contribution in [2.45, 2.75) is 33.0 Å². The van der Waals surface area contributed by atoms with Crippen molar-refractivity contribution in [3.63, 3.8) is 0 Å². The van der Waals surface area contributed by atoms with E-state index in [1.165, 1.54) is 10.9 Å². The van der Waals surface area contributed by atoms with Gasteiger partial charge in [-0.05, 0) is 25.0 Å². The first-order valence-corrected chi connectivity index (χ1v) is 9.55. The van der Waals surface area contributed by atoms with Gasteiger partial charge in [-0.15, -0.1) is 0 Å². The van der Waals surface area contributed by atoms with Crippen LogP contribution in [0.25, 0.3) is 11.3 Å². The number of nitrogens with two attached hydrogens (primary N) is 1. The zero-order valence-electron chi connectivity index (χ0n) is 17.4. The Kier molecular flexibility index (Phi) is 5.11. The molecule has 1 aromatic carbocycles. The Labute approximate surface area is 174 Å². The number of anilines is 1. The lowest BCUT2D eigenvalue weighted by atomic mass is 10.00. The summed E-state index contributed by atoms with van der Waals surface area (Å²) in [5.41, 5.74) is 11.4. The summed E-state index contributed by atoms with van der Waals surface area (Å²) < 4.78 is 7.67. The Morgan fingerprint density at radius 1 is 1.33 bits per heavy atom. The van der Waals surface area contributed by atoms with Gasteiger partial charge in [0.1, 0.15) is 17.9 Å². The van der Waals surface area contributed by atoms with Crippen molar-refractivity contribution in [3.8, 4) is 23.2 Å². The number of hydroxylamine groups is 2. The summed E-state index contributed by atoms with van der Waals surface area (Å²) in [6.45, 7) is 4.87. The third kappa shape index (κ3) is 3.47. The van der Waals surface area contributed by atoms with E-state index in [4.69, 9.17) is 15.3 Å². The molecule has 30 heavy (non-hydrogen) atoms. The summed E-state index contributed by atoms with van der Waals surface area (Å²) in [6.07, 6.45) is 1.23. The van der Waals surface area contributed by atoms with Crippen LogP contribution in [0.3, 0.4) is 0 Å². The lowest BCUT2D eigenvalue weighted by Gasteiger charge is -2.24. The first kappa shape index (κ1) is 19.8. The number of fused-ring (bicyclic) bond motifs is 5. The third-order valence-corrected chi connectivity index (χ3v) is 5.21. The predicted octanol–water partition coefficient (Wildman–Crippen LogP) is 2.66. The molecule has 2 N–H and O–H groups in total. The number of aryl methyl sites for hydroxylation is 2. The number of aromatic nitrogens is 4. The molecule has 1 aliphatic rings. The number of benzene rings is 1. The molecular formula is C21H23N7O2. The van der Waals surface area contributed by atoms with Crippen molar-refractivity contribution < 1.29 is 9.57 Å². The molecule has 9 heteroatoms. The van der Waals surface area contributed by atoms with E-state index in [1.54, 1.807) is 19.2 Å². The first-order valence-electron chi connectivity index (χ1n) is 9.55. The van der Waals surface area contributed by atoms with Crippen molar-refractivity contribution in [2.75, 3.05) is 12.8 Å². The Hall–Kier alpha value is -3.48. The molecule has 3 heterocycles. The van der Waals surface area contributed by atoms with E-state index in [0.717, 1.165) is 16.7 Å². The highest BCUT2D eigenvalue weighted by Crippen LogP contribution is 2.33. The van der Waals surface area contributed by atoms with Crippen molar-refractivity contribution in [1.82, 2.24) is 24.8 Å². The molecule has 0 saturated carbocycles. The molecule has 1 atom stereocenters. The summed E-state index contributed by atoms with van der Waals surface area (Å²) in [4.78, 5) is 14.5. The summed E-state index contributed by atoms with van der Waals surface area (Å²) in [6, 6.07) is 8.41. The molecule has 0 amide bonds. The van der Waals surface area contributed by atoms with Crippen LogP contribution in [-0.4, -0.2) is 31.9 Å². The van der Waals surface area contributed by atoms with Crippen LogP contribution in [0, 0.1) is 18.3 Å². The van der Waals surface area contributed by atoms with Crippen molar-refractivity contribution in [1.29, 1.82) is 5.26 Å². The van der Waals surface area contributed by atoms with Gasteiger partial charge in [0, 0.05) is 13.6 Å². The van der Waals surface area contributed by atoms with Gasteiger partial charge in [-0.25, -0.2) is 9.97 Å².